The van der Waals surface area contributed by atoms with Gasteiger partial charge in [0.1, 0.15) is 5.82 Å². The van der Waals surface area contributed by atoms with Gasteiger partial charge in [-0.3, -0.25) is 0 Å². The fraction of sp³-hybridized carbons (Fsp3) is 0.636. The van der Waals surface area contributed by atoms with Gasteiger partial charge in [0.25, 0.3) is 0 Å². The van der Waals surface area contributed by atoms with E-state index in [1.807, 2.05) is 26.8 Å². The van der Waals surface area contributed by atoms with Crippen molar-refractivity contribution in [1.29, 1.82) is 0 Å². The molecule has 0 saturated carbocycles. The minimum atomic E-state index is -0.402. The first-order chi connectivity index (χ1) is 6.92. The van der Waals surface area contributed by atoms with Crippen LogP contribution in [0.2, 0.25) is 0 Å². The standard InChI is InChI=1S/C11H19N3O/c1-8(15)11(3,4)13-7-10-5-6-12-9(2)14-10/h5-6,8,13,15H,7H2,1-4H3. The normalized spacial score (nSPS) is 13.9. The molecule has 15 heavy (non-hydrogen) atoms. The summed E-state index contributed by atoms with van der Waals surface area (Å²) in [6.07, 6.45) is 1.34. The van der Waals surface area contributed by atoms with E-state index in [9.17, 15) is 5.11 Å². The molecule has 4 heteroatoms. The summed E-state index contributed by atoms with van der Waals surface area (Å²) in [4.78, 5) is 8.31. The van der Waals surface area contributed by atoms with E-state index in [1.54, 1.807) is 13.1 Å². The van der Waals surface area contributed by atoms with E-state index >= 15 is 0 Å². The molecule has 1 unspecified atom stereocenters. The van der Waals surface area contributed by atoms with E-state index in [0.717, 1.165) is 11.5 Å². The second kappa shape index (κ2) is 4.68. The molecule has 0 aliphatic carbocycles. The lowest BCUT2D eigenvalue weighted by Crippen LogP contribution is -2.47. The van der Waals surface area contributed by atoms with Crippen LogP contribution < -0.4 is 5.32 Å². The number of rotatable bonds is 4. The van der Waals surface area contributed by atoms with Crippen molar-refractivity contribution in [2.24, 2.45) is 0 Å². The Hall–Kier alpha value is -1.00. The predicted molar refractivity (Wildman–Crippen MR) is 59.4 cm³/mol. The van der Waals surface area contributed by atoms with Gasteiger partial charge in [0.15, 0.2) is 0 Å². The molecular formula is C11H19N3O. The van der Waals surface area contributed by atoms with E-state index in [1.165, 1.54) is 0 Å². The molecule has 1 heterocycles. The van der Waals surface area contributed by atoms with Crippen molar-refractivity contribution < 1.29 is 5.11 Å². The summed E-state index contributed by atoms with van der Waals surface area (Å²) in [5.41, 5.74) is 0.634. The number of aliphatic hydroxyl groups is 1. The Morgan fingerprint density at radius 2 is 2.20 bits per heavy atom. The molecule has 0 bridgehead atoms. The largest absolute Gasteiger partial charge is 0.392 e. The summed E-state index contributed by atoms with van der Waals surface area (Å²) < 4.78 is 0. The van der Waals surface area contributed by atoms with Gasteiger partial charge in [0.05, 0.1) is 11.8 Å². The summed E-state index contributed by atoms with van der Waals surface area (Å²) in [7, 11) is 0. The van der Waals surface area contributed by atoms with Gasteiger partial charge >= 0.3 is 0 Å². The molecule has 2 N–H and O–H groups in total. The zero-order chi connectivity index (χ0) is 11.5. The molecule has 0 aliphatic heterocycles. The number of aryl methyl sites for hydroxylation is 1. The lowest BCUT2D eigenvalue weighted by molar-refractivity contribution is 0.0954. The molecule has 1 atom stereocenters. The van der Waals surface area contributed by atoms with Gasteiger partial charge in [0.2, 0.25) is 0 Å². The highest BCUT2D eigenvalue weighted by molar-refractivity contribution is 5.02. The van der Waals surface area contributed by atoms with Gasteiger partial charge in [-0.2, -0.15) is 0 Å². The van der Waals surface area contributed by atoms with Crippen LogP contribution in [0.4, 0.5) is 0 Å². The highest BCUT2D eigenvalue weighted by atomic mass is 16.3. The van der Waals surface area contributed by atoms with Gasteiger partial charge in [0, 0.05) is 18.3 Å². The van der Waals surface area contributed by atoms with Crippen molar-refractivity contribution in [1.82, 2.24) is 15.3 Å². The number of nitrogens with one attached hydrogen (secondary N) is 1. The summed E-state index contributed by atoms with van der Waals surface area (Å²) in [5.74, 6) is 0.768. The Labute approximate surface area is 90.8 Å². The van der Waals surface area contributed by atoms with E-state index in [0.29, 0.717) is 6.54 Å². The van der Waals surface area contributed by atoms with Crippen LogP contribution in [-0.2, 0) is 6.54 Å². The Balaban J connectivity index is 2.57. The quantitative estimate of drug-likeness (QED) is 0.777. The number of nitrogens with zero attached hydrogens (tertiary/aromatic N) is 2. The Morgan fingerprint density at radius 3 is 2.73 bits per heavy atom. The highest BCUT2D eigenvalue weighted by Gasteiger charge is 2.22. The van der Waals surface area contributed by atoms with E-state index in [4.69, 9.17) is 0 Å². The minimum Gasteiger partial charge on any atom is -0.392 e. The molecule has 0 radical (unpaired) electrons. The maximum atomic E-state index is 9.52. The minimum absolute atomic E-state index is 0.307. The molecule has 0 aromatic carbocycles. The number of aromatic nitrogens is 2. The van der Waals surface area contributed by atoms with Crippen LogP contribution in [0.3, 0.4) is 0 Å². The third kappa shape index (κ3) is 3.57. The van der Waals surface area contributed by atoms with Crippen molar-refractivity contribution in [2.75, 3.05) is 0 Å². The van der Waals surface area contributed by atoms with Crippen LogP contribution in [0.25, 0.3) is 0 Å². The van der Waals surface area contributed by atoms with Crippen LogP contribution in [0.1, 0.15) is 32.3 Å². The number of aliphatic hydroxyl groups excluding tert-OH is 1. The summed E-state index contributed by atoms with van der Waals surface area (Å²) >= 11 is 0. The average molecular weight is 209 g/mol. The Kier molecular flexibility index (Phi) is 3.77. The summed E-state index contributed by atoms with van der Waals surface area (Å²) in [5, 5.41) is 12.8. The Bertz CT molecular complexity index is 323. The summed E-state index contributed by atoms with van der Waals surface area (Å²) in [6, 6.07) is 1.87. The molecule has 4 nitrogen and oxygen atoms in total. The first-order valence-corrected chi connectivity index (χ1v) is 5.13. The third-order valence-corrected chi connectivity index (χ3v) is 2.60. The highest BCUT2D eigenvalue weighted by Crippen LogP contribution is 2.09. The molecule has 84 valence electrons. The molecule has 1 aromatic rings. The maximum absolute atomic E-state index is 9.52. The van der Waals surface area contributed by atoms with Crippen LogP contribution in [-0.4, -0.2) is 26.7 Å². The first-order valence-electron chi connectivity index (χ1n) is 5.13. The molecule has 0 saturated heterocycles. The van der Waals surface area contributed by atoms with E-state index in [2.05, 4.69) is 15.3 Å². The van der Waals surface area contributed by atoms with E-state index in [-0.39, 0.29) is 5.54 Å². The van der Waals surface area contributed by atoms with Crippen molar-refractivity contribution in [3.05, 3.63) is 23.8 Å². The SMILES string of the molecule is Cc1nccc(CNC(C)(C)C(C)O)n1. The second-order valence-electron chi connectivity index (χ2n) is 4.35. The molecule has 0 aliphatic rings. The number of hydrogen-bond acceptors (Lipinski definition) is 4. The predicted octanol–water partition coefficient (Wildman–Crippen LogP) is 1.03. The molecule has 1 rings (SSSR count). The third-order valence-electron chi connectivity index (χ3n) is 2.60. The number of hydrogen-bond donors (Lipinski definition) is 2. The zero-order valence-electron chi connectivity index (χ0n) is 9.78. The fourth-order valence-corrected chi connectivity index (χ4v) is 1.07. The van der Waals surface area contributed by atoms with Crippen molar-refractivity contribution in [3.8, 4) is 0 Å². The first kappa shape index (κ1) is 12.1. The fourth-order valence-electron chi connectivity index (χ4n) is 1.07. The molecular weight excluding hydrogens is 190 g/mol. The van der Waals surface area contributed by atoms with Crippen molar-refractivity contribution in [3.63, 3.8) is 0 Å². The van der Waals surface area contributed by atoms with E-state index < -0.39 is 6.10 Å². The lowest BCUT2D eigenvalue weighted by atomic mass is 9.99. The summed E-state index contributed by atoms with van der Waals surface area (Å²) in [6.45, 7) is 8.21. The van der Waals surface area contributed by atoms with Gasteiger partial charge < -0.3 is 10.4 Å². The van der Waals surface area contributed by atoms with Crippen LogP contribution in [0.5, 0.6) is 0 Å². The monoisotopic (exact) mass is 209 g/mol. The lowest BCUT2D eigenvalue weighted by Gasteiger charge is -2.29. The van der Waals surface area contributed by atoms with Crippen molar-refractivity contribution in [2.45, 2.75) is 45.9 Å². The van der Waals surface area contributed by atoms with Crippen molar-refractivity contribution >= 4 is 0 Å². The van der Waals surface area contributed by atoms with Crippen LogP contribution in [0.15, 0.2) is 12.3 Å². The van der Waals surface area contributed by atoms with Crippen LogP contribution >= 0.6 is 0 Å². The molecule has 0 fully saturated rings. The van der Waals surface area contributed by atoms with Gasteiger partial charge in [-0.25, -0.2) is 9.97 Å². The Morgan fingerprint density at radius 1 is 1.53 bits per heavy atom. The second-order valence-corrected chi connectivity index (χ2v) is 4.35. The molecule has 0 spiro atoms. The van der Waals surface area contributed by atoms with Gasteiger partial charge in [-0.05, 0) is 33.8 Å². The van der Waals surface area contributed by atoms with Gasteiger partial charge in [-0.15, -0.1) is 0 Å². The maximum Gasteiger partial charge on any atom is 0.125 e. The molecule has 0 amide bonds. The topological polar surface area (TPSA) is 58.0 Å². The molecule has 1 aromatic heterocycles. The van der Waals surface area contributed by atoms with Gasteiger partial charge in [-0.1, -0.05) is 0 Å². The smallest absolute Gasteiger partial charge is 0.125 e. The van der Waals surface area contributed by atoms with Crippen LogP contribution in [0, 0.1) is 6.92 Å². The average Bonchev–Trinajstić information content (AvgIpc) is 2.15. The zero-order valence-corrected chi connectivity index (χ0v) is 9.78.